The number of fused-ring (bicyclic) bond motifs is 1. The van der Waals surface area contributed by atoms with E-state index in [1.807, 2.05) is 6.07 Å². The Morgan fingerprint density at radius 1 is 1.43 bits per heavy atom. The Bertz CT molecular complexity index is 675. The lowest BCUT2D eigenvalue weighted by atomic mass is 10.1. The zero-order chi connectivity index (χ0) is 15.2. The van der Waals surface area contributed by atoms with Crippen molar-refractivity contribution in [2.45, 2.75) is 6.42 Å². The van der Waals surface area contributed by atoms with Crippen molar-refractivity contribution in [1.29, 1.82) is 0 Å². The van der Waals surface area contributed by atoms with Crippen LogP contribution in [0.3, 0.4) is 0 Å². The molecule has 21 heavy (non-hydrogen) atoms. The maximum Gasteiger partial charge on any atom is 0.407 e. The summed E-state index contributed by atoms with van der Waals surface area (Å²) in [5.41, 5.74) is 1.77. The van der Waals surface area contributed by atoms with Crippen LogP contribution in [0.2, 0.25) is 0 Å². The van der Waals surface area contributed by atoms with Gasteiger partial charge in [-0.1, -0.05) is 24.8 Å². The van der Waals surface area contributed by atoms with Crippen LogP contribution in [0.15, 0.2) is 37.1 Å². The molecule has 1 aromatic carbocycles. The highest BCUT2D eigenvalue weighted by molar-refractivity contribution is 6.02. The Morgan fingerprint density at radius 2 is 2.24 bits per heavy atom. The highest BCUT2D eigenvalue weighted by atomic mass is 16.5. The average Bonchev–Trinajstić information content (AvgIpc) is 2.88. The Balaban J connectivity index is 2.03. The number of alkyl carbamates (subject to hydrolysis) is 1. The molecular formula is C15H16N2O4. The smallest absolute Gasteiger partial charge is 0.407 e. The number of carboxylic acid groups (broad SMARTS) is 1. The molecule has 0 aliphatic carbocycles. The van der Waals surface area contributed by atoms with Crippen molar-refractivity contribution in [3.63, 3.8) is 0 Å². The first-order valence-electron chi connectivity index (χ1n) is 6.47. The van der Waals surface area contributed by atoms with Crippen LogP contribution in [0, 0.1) is 0 Å². The van der Waals surface area contributed by atoms with Gasteiger partial charge in [0.25, 0.3) is 0 Å². The molecule has 0 atom stereocenters. The van der Waals surface area contributed by atoms with Crippen LogP contribution in [-0.2, 0) is 11.2 Å². The monoisotopic (exact) mass is 288 g/mol. The third-order valence-electron chi connectivity index (χ3n) is 3.03. The van der Waals surface area contributed by atoms with Gasteiger partial charge in [-0.15, -0.1) is 0 Å². The summed E-state index contributed by atoms with van der Waals surface area (Å²) in [5, 5.41) is 12.6. The fourth-order valence-electron chi connectivity index (χ4n) is 2.08. The van der Waals surface area contributed by atoms with Crippen LogP contribution in [0.4, 0.5) is 4.79 Å². The van der Waals surface area contributed by atoms with Crippen molar-refractivity contribution in [3.05, 3.63) is 48.2 Å². The molecule has 1 aromatic heterocycles. The number of H-pyrrole nitrogens is 1. The van der Waals surface area contributed by atoms with E-state index in [2.05, 4.69) is 16.9 Å². The summed E-state index contributed by atoms with van der Waals surface area (Å²) in [5.74, 6) is -0.972. The SMILES string of the molecule is C=CCOC(=O)NCCc1c[nH]c2c(C(=O)O)cccc12. The fourth-order valence-corrected chi connectivity index (χ4v) is 2.08. The molecule has 0 saturated carbocycles. The highest BCUT2D eigenvalue weighted by Crippen LogP contribution is 2.22. The lowest BCUT2D eigenvalue weighted by Gasteiger charge is -2.04. The van der Waals surface area contributed by atoms with E-state index in [9.17, 15) is 9.59 Å². The summed E-state index contributed by atoms with van der Waals surface area (Å²) in [7, 11) is 0. The first-order valence-corrected chi connectivity index (χ1v) is 6.47. The number of ether oxygens (including phenoxy) is 1. The molecule has 1 heterocycles. The molecule has 0 saturated heterocycles. The normalized spacial score (nSPS) is 10.3. The lowest BCUT2D eigenvalue weighted by Crippen LogP contribution is -2.26. The average molecular weight is 288 g/mol. The third-order valence-corrected chi connectivity index (χ3v) is 3.03. The Hall–Kier alpha value is -2.76. The minimum Gasteiger partial charge on any atom is -0.478 e. The quantitative estimate of drug-likeness (QED) is 0.711. The van der Waals surface area contributed by atoms with Gasteiger partial charge in [-0.3, -0.25) is 0 Å². The van der Waals surface area contributed by atoms with Crippen LogP contribution in [0.25, 0.3) is 10.9 Å². The van der Waals surface area contributed by atoms with Crippen LogP contribution < -0.4 is 5.32 Å². The number of amides is 1. The van der Waals surface area contributed by atoms with E-state index < -0.39 is 12.1 Å². The third kappa shape index (κ3) is 3.42. The summed E-state index contributed by atoms with van der Waals surface area (Å²) in [6.45, 7) is 4.02. The van der Waals surface area contributed by atoms with Gasteiger partial charge < -0.3 is 20.1 Å². The molecule has 1 amide bonds. The molecule has 0 aliphatic heterocycles. The first-order chi connectivity index (χ1) is 10.1. The zero-order valence-electron chi connectivity index (χ0n) is 11.4. The molecule has 0 bridgehead atoms. The van der Waals surface area contributed by atoms with E-state index in [4.69, 9.17) is 9.84 Å². The standard InChI is InChI=1S/C15H16N2O4/c1-2-8-21-15(20)16-7-6-10-9-17-13-11(10)4-3-5-12(13)14(18)19/h2-5,9,17H,1,6-8H2,(H,16,20)(H,18,19). The second-order valence-corrected chi connectivity index (χ2v) is 4.41. The molecule has 2 rings (SSSR count). The maximum absolute atomic E-state index is 11.3. The molecule has 0 spiro atoms. The number of hydrogen-bond donors (Lipinski definition) is 3. The Labute approximate surface area is 121 Å². The lowest BCUT2D eigenvalue weighted by molar-refractivity contribution is 0.0698. The highest BCUT2D eigenvalue weighted by Gasteiger charge is 2.12. The Morgan fingerprint density at radius 3 is 2.95 bits per heavy atom. The number of para-hydroxylation sites is 1. The molecule has 3 N–H and O–H groups in total. The van der Waals surface area contributed by atoms with Gasteiger partial charge in [0.2, 0.25) is 0 Å². The van der Waals surface area contributed by atoms with E-state index in [-0.39, 0.29) is 12.2 Å². The molecule has 6 heteroatoms. The van der Waals surface area contributed by atoms with E-state index in [0.717, 1.165) is 10.9 Å². The number of aromatic nitrogens is 1. The number of carboxylic acids is 1. The second-order valence-electron chi connectivity index (χ2n) is 4.41. The van der Waals surface area contributed by atoms with Crippen molar-refractivity contribution < 1.29 is 19.4 Å². The number of nitrogens with one attached hydrogen (secondary N) is 2. The number of rotatable bonds is 6. The number of carbonyl (C=O) groups excluding carboxylic acids is 1. The van der Waals surface area contributed by atoms with Gasteiger partial charge in [-0.2, -0.15) is 0 Å². The molecule has 0 radical (unpaired) electrons. The summed E-state index contributed by atoms with van der Waals surface area (Å²) in [4.78, 5) is 25.4. The van der Waals surface area contributed by atoms with Crippen molar-refractivity contribution in [3.8, 4) is 0 Å². The molecule has 6 nitrogen and oxygen atoms in total. The van der Waals surface area contributed by atoms with Crippen LogP contribution in [0.1, 0.15) is 15.9 Å². The summed E-state index contributed by atoms with van der Waals surface area (Å²) in [6.07, 6.45) is 3.33. The van der Waals surface area contributed by atoms with Crippen LogP contribution in [0.5, 0.6) is 0 Å². The van der Waals surface area contributed by atoms with E-state index in [1.54, 1.807) is 18.3 Å². The number of carbonyl (C=O) groups is 2. The topological polar surface area (TPSA) is 91.4 Å². The molecule has 0 unspecified atom stereocenters. The van der Waals surface area contributed by atoms with Gasteiger partial charge in [-0.05, 0) is 18.1 Å². The first kappa shape index (κ1) is 14.6. The molecule has 0 fully saturated rings. The Kier molecular flexibility index (Phi) is 4.61. The largest absolute Gasteiger partial charge is 0.478 e. The molecule has 0 aliphatic rings. The number of aromatic amines is 1. The van der Waals surface area contributed by atoms with Crippen molar-refractivity contribution in [2.75, 3.05) is 13.2 Å². The number of benzene rings is 1. The summed E-state index contributed by atoms with van der Waals surface area (Å²) in [6, 6.07) is 5.11. The number of aromatic carboxylic acids is 1. The zero-order valence-corrected chi connectivity index (χ0v) is 11.4. The minimum atomic E-state index is -0.972. The van der Waals surface area contributed by atoms with Crippen LogP contribution in [-0.4, -0.2) is 35.3 Å². The predicted octanol–water partition coefficient (Wildman–Crippen LogP) is 2.32. The van der Waals surface area contributed by atoms with E-state index >= 15 is 0 Å². The van der Waals surface area contributed by atoms with Crippen molar-refractivity contribution >= 4 is 23.0 Å². The van der Waals surface area contributed by atoms with Gasteiger partial charge in [0.05, 0.1) is 11.1 Å². The van der Waals surface area contributed by atoms with E-state index in [0.29, 0.717) is 18.5 Å². The predicted molar refractivity (Wildman–Crippen MR) is 78.5 cm³/mol. The minimum absolute atomic E-state index is 0.168. The van der Waals surface area contributed by atoms with E-state index in [1.165, 1.54) is 6.08 Å². The van der Waals surface area contributed by atoms with Crippen molar-refractivity contribution in [2.24, 2.45) is 0 Å². The van der Waals surface area contributed by atoms with Gasteiger partial charge in [0, 0.05) is 18.1 Å². The van der Waals surface area contributed by atoms with Gasteiger partial charge in [0.15, 0.2) is 0 Å². The fraction of sp³-hybridized carbons (Fsp3) is 0.200. The van der Waals surface area contributed by atoms with Crippen LogP contribution >= 0.6 is 0 Å². The summed E-state index contributed by atoms with van der Waals surface area (Å²) < 4.78 is 4.80. The van der Waals surface area contributed by atoms with Gasteiger partial charge >= 0.3 is 12.1 Å². The molecule has 2 aromatic rings. The molecule has 110 valence electrons. The second kappa shape index (κ2) is 6.60. The maximum atomic E-state index is 11.3. The van der Waals surface area contributed by atoms with Gasteiger partial charge in [-0.25, -0.2) is 9.59 Å². The summed E-state index contributed by atoms with van der Waals surface area (Å²) >= 11 is 0. The van der Waals surface area contributed by atoms with Crippen molar-refractivity contribution in [1.82, 2.24) is 10.3 Å². The number of hydrogen-bond acceptors (Lipinski definition) is 3. The van der Waals surface area contributed by atoms with Gasteiger partial charge in [0.1, 0.15) is 6.61 Å². The molecular weight excluding hydrogens is 272 g/mol.